The molecule has 0 aliphatic heterocycles. The number of rotatable bonds is 5. The van der Waals surface area contributed by atoms with Gasteiger partial charge in [0.05, 0.1) is 26.8 Å². The van der Waals surface area contributed by atoms with Crippen LogP contribution in [0.25, 0.3) is 22.0 Å². The zero-order valence-electron chi connectivity index (χ0n) is 19.8. The smallest absolute Gasteiger partial charge is 0.247 e. The molecule has 1 saturated carbocycles. The number of carbonyl (C=O) groups is 2. The number of benzene rings is 2. The summed E-state index contributed by atoms with van der Waals surface area (Å²) in [4.78, 5) is 32.1. The van der Waals surface area contributed by atoms with Crippen molar-refractivity contribution < 1.29 is 14.7 Å². The van der Waals surface area contributed by atoms with E-state index in [2.05, 4.69) is 10.3 Å². The second kappa shape index (κ2) is 10.6. The summed E-state index contributed by atoms with van der Waals surface area (Å²) in [5, 5.41) is 14.5. The van der Waals surface area contributed by atoms with Crippen LogP contribution in [0.15, 0.2) is 36.5 Å². The second-order valence-electron chi connectivity index (χ2n) is 9.09. The van der Waals surface area contributed by atoms with E-state index >= 15 is 0 Å². The van der Waals surface area contributed by atoms with Gasteiger partial charge in [-0.3, -0.25) is 14.6 Å². The molecule has 6 nitrogen and oxygen atoms in total. The highest BCUT2D eigenvalue weighted by Gasteiger charge is 2.41. The first-order chi connectivity index (χ1) is 16.1. The van der Waals surface area contributed by atoms with Crippen molar-refractivity contribution in [3.8, 4) is 16.9 Å². The molecule has 1 aliphatic carbocycles. The van der Waals surface area contributed by atoms with Crippen molar-refractivity contribution in [1.82, 2.24) is 9.88 Å². The minimum absolute atomic E-state index is 0. The van der Waals surface area contributed by atoms with E-state index in [1.807, 2.05) is 18.2 Å². The van der Waals surface area contributed by atoms with Crippen molar-refractivity contribution >= 4 is 63.9 Å². The lowest BCUT2D eigenvalue weighted by Crippen LogP contribution is -2.53. The van der Waals surface area contributed by atoms with Crippen LogP contribution in [0.2, 0.25) is 10.0 Å². The lowest BCUT2D eigenvalue weighted by Gasteiger charge is -2.40. The Morgan fingerprint density at radius 1 is 1.03 bits per heavy atom. The number of hydrogen-bond donors (Lipinski definition) is 2. The van der Waals surface area contributed by atoms with E-state index in [1.54, 1.807) is 37.3 Å². The Hall–Kier alpha value is -2.54. The molecule has 1 fully saturated rings. The molecule has 1 amide bonds. The average Bonchev–Trinajstić information content (AvgIpc) is 2.82. The molecule has 1 aliphatic rings. The molecule has 186 valence electrons. The summed E-state index contributed by atoms with van der Waals surface area (Å²) in [5.74, 6) is -0.307. The summed E-state index contributed by atoms with van der Waals surface area (Å²) in [7, 11) is 3.51. The monoisotopic (exact) mass is 535 g/mol. The second-order valence-corrected chi connectivity index (χ2v) is 9.91. The number of fused-ring (bicyclic) bond motifs is 1. The van der Waals surface area contributed by atoms with E-state index in [4.69, 9.17) is 23.2 Å². The van der Waals surface area contributed by atoms with Crippen molar-refractivity contribution in [2.75, 3.05) is 19.4 Å². The molecule has 1 aromatic heterocycles. The van der Waals surface area contributed by atoms with E-state index in [0.29, 0.717) is 35.2 Å². The van der Waals surface area contributed by atoms with E-state index in [0.717, 1.165) is 30.2 Å². The Balaban J connectivity index is 0.00000342. The highest BCUT2D eigenvalue weighted by Crippen LogP contribution is 2.40. The fourth-order valence-electron chi connectivity index (χ4n) is 4.72. The number of phenolic OH excluding ortho intramolecular Hbond substituents is 1. The number of Topliss-reactive ketones (excluding diaryl/α,β-unsaturated/α-hetero) is 1. The normalized spacial score (nSPS) is 14.8. The number of aromatic hydroxyl groups is 1. The van der Waals surface area contributed by atoms with Crippen LogP contribution >= 0.6 is 35.6 Å². The van der Waals surface area contributed by atoms with Crippen LogP contribution in [-0.2, 0) is 4.79 Å². The van der Waals surface area contributed by atoms with Gasteiger partial charge in [0.25, 0.3) is 0 Å². The molecule has 9 heteroatoms. The number of ketones is 1. The largest absolute Gasteiger partial charge is 0.505 e. The SMILES string of the molecule is CC(=O)c1cnc2ccc(-c3cc(Cl)c(O)c(Cl)c3)cc2c1NC1(C(=O)N(C)C)CCCCC1.Cl. The zero-order valence-corrected chi connectivity index (χ0v) is 22.2. The van der Waals surface area contributed by atoms with Crippen LogP contribution in [0.4, 0.5) is 5.69 Å². The summed E-state index contributed by atoms with van der Waals surface area (Å²) in [5.41, 5.74) is 2.44. The summed E-state index contributed by atoms with van der Waals surface area (Å²) >= 11 is 12.3. The van der Waals surface area contributed by atoms with Crippen LogP contribution in [0, 0.1) is 0 Å². The lowest BCUT2D eigenvalue weighted by atomic mass is 9.80. The highest BCUT2D eigenvalue weighted by atomic mass is 35.5. The van der Waals surface area contributed by atoms with Crippen LogP contribution in [-0.4, -0.2) is 46.3 Å². The molecule has 0 spiro atoms. The van der Waals surface area contributed by atoms with Crippen LogP contribution in [0.3, 0.4) is 0 Å². The highest BCUT2D eigenvalue weighted by molar-refractivity contribution is 6.37. The molecular formula is C26H28Cl3N3O3. The summed E-state index contributed by atoms with van der Waals surface area (Å²) < 4.78 is 0. The maximum Gasteiger partial charge on any atom is 0.247 e. The molecule has 4 rings (SSSR count). The molecule has 0 bridgehead atoms. The van der Waals surface area contributed by atoms with Gasteiger partial charge in [0.15, 0.2) is 11.5 Å². The number of nitrogens with one attached hydrogen (secondary N) is 1. The van der Waals surface area contributed by atoms with Gasteiger partial charge in [0, 0.05) is 25.7 Å². The standard InChI is InChI=1S/C26H27Cl2N3O3.ClH/c1-15(32)19-14-29-22-8-7-16(17-12-20(27)24(33)21(28)13-17)11-18(22)23(19)30-26(25(34)31(2)3)9-5-4-6-10-26;/h7-8,11-14,33H,4-6,9-10H2,1-3H3,(H,29,30);1H. The molecule has 3 aromatic rings. The molecular weight excluding hydrogens is 509 g/mol. The van der Waals surface area contributed by atoms with Crippen LogP contribution in [0.5, 0.6) is 5.75 Å². The predicted molar refractivity (Wildman–Crippen MR) is 144 cm³/mol. The van der Waals surface area contributed by atoms with Gasteiger partial charge in [0.2, 0.25) is 5.91 Å². The van der Waals surface area contributed by atoms with Gasteiger partial charge >= 0.3 is 0 Å². The number of amides is 1. The molecule has 1 heterocycles. The first-order valence-electron chi connectivity index (χ1n) is 11.2. The number of anilines is 1. The number of halogens is 3. The number of likely N-dealkylation sites (N-methyl/N-ethyl adjacent to an activating group) is 1. The predicted octanol–water partition coefficient (Wildman–Crippen LogP) is 6.74. The Bertz CT molecular complexity index is 1260. The number of pyridine rings is 1. The minimum Gasteiger partial charge on any atom is -0.505 e. The Morgan fingerprint density at radius 3 is 2.23 bits per heavy atom. The van der Waals surface area contributed by atoms with Gasteiger partial charge in [-0.2, -0.15) is 0 Å². The molecule has 35 heavy (non-hydrogen) atoms. The van der Waals surface area contributed by atoms with Gasteiger partial charge in [-0.05, 0) is 55.2 Å². The fraction of sp³-hybridized carbons (Fsp3) is 0.346. The van der Waals surface area contributed by atoms with Gasteiger partial charge < -0.3 is 15.3 Å². The summed E-state index contributed by atoms with van der Waals surface area (Å²) in [6, 6.07) is 8.92. The third-order valence-corrected chi connectivity index (χ3v) is 7.06. The summed E-state index contributed by atoms with van der Waals surface area (Å²) in [6.45, 7) is 1.50. The molecule has 2 N–H and O–H groups in total. The fourth-order valence-corrected chi connectivity index (χ4v) is 5.21. The van der Waals surface area contributed by atoms with E-state index in [9.17, 15) is 14.7 Å². The van der Waals surface area contributed by atoms with Gasteiger partial charge in [-0.1, -0.05) is 48.5 Å². The zero-order chi connectivity index (χ0) is 24.6. The topological polar surface area (TPSA) is 82.5 Å². The van der Waals surface area contributed by atoms with Crippen molar-refractivity contribution in [3.05, 3.63) is 52.1 Å². The first kappa shape index (κ1) is 27.1. The number of nitrogens with zero attached hydrogens (tertiary/aromatic N) is 2. The number of aromatic nitrogens is 1. The van der Waals surface area contributed by atoms with E-state index in [-0.39, 0.29) is 39.9 Å². The Morgan fingerprint density at radius 2 is 1.66 bits per heavy atom. The third kappa shape index (κ3) is 5.20. The molecule has 0 saturated heterocycles. The van der Waals surface area contributed by atoms with Crippen molar-refractivity contribution in [2.24, 2.45) is 0 Å². The van der Waals surface area contributed by atoms with Crippen molar-refractivity contribution in [1.29, 1.82) is 0 Å². The van der Waals surface area contributed by atoms with Gasteiger partial charge in [-0.15, -0.1) is 12.4 Å². The third-order valence-electron chi connectivity index (χ3n) is 6.48. The number of hydrogen-bond acceptors (Lipinski definition) is 5. The molecule has 0 unspecified atom stereocenters. The van der Waals surface area contributed by atoms with Crippen molar-refractivity contribution in [2.45, 2.75) is 44.6 Å². The maximum atomic E-state index is 13.3. The minimum atomic E-state index is -0.790. The number of carbonyl (C=O) groups excluding carboxylic acids is 2. The summed E-state index contributed by atoms with van der Waals surface area (Å²) in [6.07, 6.45) is 5.88. The maximum absolute atomic E-state index is 13.3. The van der Waals surface area contributed by atoms with Crippen molar-refractivity contribution in [3.63, 3.8) is 0 Å². The van der Waals surface area contributed by atoms with Crippen LogP contribution in [0.1, 0.15) is 49.4 Å². The van der Waals surface area contributed by atoms with Gasteiger partial charge in [0.1, 0.15) is 5.54 Å². The number of phenols is 1. The molecule has 2 aromatic carbocycles. The quantitative estimate of drug-likeness (QED) is 0.353. The van der Waals surface area contributed by atoms with Crippen LogP contribution < -0.4 is 5.32 Å². The molecule has 0 atom stereocenters. The molecule has 0 radical (unpaired) electrons. The first-order valence-corrected chi connectivity index (χ1v) is 12.0. The van der Waals surface area contributed by atoms with E-state index in [1.165, 1.54) is 6.92 Å². The van der Waals surface area contributed by atoms with E-state index < -0.39 is 5.54 Å². The lowest BCUT2D eigenvalue weighted by molar-refractivity contribution is -0.134. The Kier molecular flexibility index (Phi) is 8.20. The Labute approximate surface area is 221 Å². The van der Waals surface area contributed by atoms with Gasteiger partial charge in [-0.25, -0.2) is 0 Å². The average molecular weight is 537 g/mol.